The normalized spacial score (nSPS) is 22.8. The van der Waals surface area contributed by atoms with Gasteiger partial charge in [-0.2, -0.15) is 0 Å². The molecule has 2 aliphatic rings. The Kier molecular flexibility index (Phi) is 3.39. The smallest absolute Gasteiger partial charge is 0.226 e. The monoisotopic (exact) mass is 314 g/mol. The van der Waals surface area contributed by atoms with Crippen molar-refractivity contribution in [2.75, 3.05) is 6.54 Å². The van der Waals surface area contributed by atoms with Gasteiger partial charge in [-0.1, -0.05) is 25.1 Å². The summed E-state index contributed by atoms with van der Waals surface area (Å²) in [5.41, 5.74) is 0.666. The first-order chi connectivity index (χ1) is 11.2. The summed E-state index contributed by atoms with van der Waals surface area (Å²) in [5, 5.41) is 8.36. The molecule has 120 valence electrons. The highest BCUT2D eigenvalue weighted by Crippen LogP contribution is 2.49. The number of hydrogen-bond donors (Lipinski definition) is 0. The first-order valence-corrected chi connectivity index (χ1v) is 8.13. The second-order valence-electron chi connectivity index (χ2n) is 6.27. The quantitative estimate of drug-likeness (QED) is 0.872. The van der Waals surface area contributed by atoms with Crippen LogP contribution in [0.3, 0.4) is 0 Å². The van der Waals surface area contributed by atoms with Gasteiger partial charge in [0.15, 0.2) is 5.82 Å². The fourth-order valence-electron chi connectivity index (χ4n) is 3.49. The molecule has 1 amide bonds. The Balaban J connectivity index is 1.46. The lowest BCUT2D eigenvalue weighted by Gasteiger charge is -2.28. The van der Waals surface area contributed by atoms with Gasteiger partial charge in [0.25, 0.3) is 0 Å². The van der Waals surface area contributed by atoms with Crippen molar-refractivity contribution in [3.05, 3.63) is 47.3 Å². The molecule has 0 spiro atoms. The van der Waals surface area contributed by atoms with Crippen molar-refractivity contribution in [2.24, 2.45) is 5.92 Å². The molecule has 5 nitrogen and oxygen atoms in total. The molecule has 0 radical (unpaired) electrons. The molecular formula is C17H19FN4O. The highest BCUT2D eigenvalue weighted by atomic mass is 19.1. The molecule has 1 aromatic carbocycles. The van der Waals surface area contributed by atoms with Gasteiger partial charge in [-0.3, -0.25) is 4.79 Å². The average molecular weight is 314 g/mol. The fourth-order valence-corrected chi connectivity index (χ4v) is 3.49. The topological polar surface area (TPSA) is 51.0 Å². The average Bonchev–Trinajstić information content (AvgIpc) is 3.26. The van der Waals surface area contributed by atoms with Crippen LogP contribution < -0.4 is 0 Å². The Labute approximate surface area is 134 Å². The van der Waals surface area contributed by atoms with Crippen molar-refractivity contribution in [1.82, 2.24) is 19.7 Å². The first-order valence-electron chi connectivity index (χ1n) is 8.13. The maximum Gasteiger partial charge on any atom is 0.226 e. The summed E-state index contributed by atoms with van der Waals surface area (Å²) in [6.45, 7) is 3.98. The molecule has 1 aliphatic heterocycles. The summed E-state index contributed by atoms with van der Waals surface area (Å²) < 4.78 is 16.0. The van der Waals surface area contributed by atoms with Gasteiger partial charge in [-0.15, -0.1) is 10.2 Å². The third-order valence-electron chi connectivity index (χ3n) is 4.87. The number of benzene rings is 1. The molecular weight excluding hydrogens is 295 g/mol. The van der Waals surface area contributed by atoms with E-state index in [0.29, 0.717) is 18.7 Å². The van der Waals surface area contributed by atoms with Crippen LogP contribution in [-0.4, -0.2) is 32.1 Å². The van der Waals surface area contributed by atoms with Crippen LogP contribution in [0.2, 0.25) is 0 Å². The van der Waals surface area contributed by atoms with Crippen molar-refractivity contribution in [3.63, 3.8) is 0 Å². The third-order valence-corrected chi connectivity index (χ3v) is 4.87. The van der Waals surface area contributed by atoms with Crippen LogP contribution in [-0.2, 0) is 24.3 Å². The molecule has 2 aromatic rings. The number of amides is 1. The Morgan fingerprint density at radius 2 is 2.13 bits per heavy atom. The molecule has 4 rings (SSSR count). The maximum atomic E-state index is 13.9. The molecule has 0 bridgehead atoms. The van der Waals surface area contributed by atoms with E-state index in [-0.39, 0.29) is 23.6 Å². The van der Waals surface area contributed by atoms with Crippen molar-refractivity contribution in [2.45, 2.75) is 38.8 Å². The zero-order chi connectivity index (χ0) is 16.0. The molecule has 2 heterocycles. The van der Waals surface area contributed by atoms with E-state index in [9.17, 15) is 9.18 Å². The third kappa shape index (κ3) is 2.42. The molecule has 1 fully saturated rings. The second-order valence-corrected chi connectivity index (χ2v) is 6.27. The Bertz CT molecular complexity index is 757. The van der Waals surface area contributed by atoms with E-state index < -0.39 is 0 Å². The molecule has 1 saturated carbocycles. The zero-order valence-electron chi connectivity index (χ0n) is 13.1. The van der Waals surface area contributed by atoms with E-state index in [1.165, 1.54) is 6.07 Å². The van der Waals surface area contributed by atoms with Crippen molar-refractivity contribution < 1.29 is 9.18 Å². The number of halogens is 1. The molecule has 1 aliphatic carbocycles. The number of hydrogen-bond acceptors (Lipinski definition) is 3. The summed E-state index contributed by atoms with van der Waals surface area (Å²) >= 11 is 0. The van der Waals surface area contributed by atoms with Crippen LogP contribution in [0.1, 0.15) is 36.5 Å². The Morgan fingerprint density at radius 1 is 1.30 bits per heavy atom. The highest BCUT2D eigenvalue weighted by Gasteiger charge is 2.47. The van der Waals surface area contributed by atoms with E-state index in [2.05, 4.69) is 21.7 Å². The molecule has 0 saturated heterocycles. The van der Waals surface area contributed by atoms with Gasteiger partial charge >= 0.3 is 0 Å². The summed E-state index contributed by atoms with van der Waals surface area (Å²) in [6, 6.07) is 6.76. The minimum atomic E-state index is -0.209. The van der Waals surface area contributed by atoms with Crippen molar-refractivity contribution in [3.8, 4) is 0 Å². The summed E-state index contributed by atoms with van der Waals surface area (Å²) in [5.74, 6) is 1.67. The second kappa shape index (κ2) is 5.44. The molecule has 23 heavy (non-hydrogen) atoms. The molecule has 2 atom stereocenters. The highest BCUT2D eigenvalue weighted by molar-refractivity contribution is 5.83. The Morgan fingerprint density at radius 3 is 2.91 bits per heavy atom. The predicted molar refractivity (Wildman–Crippen MR) is 82.1 cm³/mol. The SMILES string of the molecule is CCc1nnc2n1CCN(C(=O)[C@H]1C[C@H]1c1ccccc1F)C2. The van der Waals surface area contributed by atoms with Gasteiger partial charge in [-0.25, -0.2) is 4.39 Å². The van der Waals surface area contributed by atoms with E-state index >= 15 is 0 Å². The molecule has 0 N–H and O–H groups in total. The van der Waals surface area contributed by atoms with Gasteiger partial charge in [0.1, 0.15) is 11.6 Å². The van der Waals surface area contributed by atoms with Crippen LogP contribution in [0.25, 0.3) is 0 Å². The maximum absolute atomic E-state index is 13.9. The molecule has 6 heteroatoms. The van der Waals surface area contributed by atoms with Crippen molar-refractivity contribution >= 4 is 5.91 Å². The lowest BCUT2D eigenvalue weighted by Crippen LogP contribution is -2.39. The largest absolute Gasteiger partial charge is 0.333 e. The fraction of sp³-hybridized carbons (Fsp3) is 0.471. The lowest BCUT2D eigenvalue weighted by atomic mass is 10.1. The van der Waals surface area contributed by atoms with Crippen molar-refractivity contribution in [1.29, 1.82) is 0 Å². The predicted octanol–water partition coefficient (Wildman–Crippen LogP) is 2.13. The van der Waals surface area contributed by atoms with Gasteiger partial charge < -0.3 is 9.47 Å². The Hall–Kier alpha value is -2.24. The van der Waals surface area contributed by atoms with Gasteiger partial charge in [0.05, 0.1) is 6.54 Å². The van der Waals surface area contributed by atoms with Crippen LogP contribution in [0.4, 0.5) is 4.39 Å². The molecule has 1 aromatic heterocycles. The number of aromatic nitrogens is 3. The number of rotatable bonds is 3. The van der Waals surface area contributed by atoms with Crippen LogP contribution >= 0.6 is 0 Å². The number of carbonyl (C=O) groups is 1. The van der Waals surface area contributed by atoms with Crippen LogP contribution in [0, 0.1) is 11.7 Å². The number of fused-ring (bicyclic) bond motifs is 1. The zero-order valence-corrected chi connectivity index (χ0v) is 13.1. The van der Waals surface area contributed by atoms with Crippen LogP contribution in [0.15, 0.2) is 24.3 Å². The minimum Gasteiger partial charge on any atom is -0.333 e. The summed E-state index contributed by atoms with van der Waals surface area (Å²) in [4.78, 5) is 14.5. The van der Waals surface area contributed by atoms with E-state index in [1.54, 1.807) is 12.1 Å². The molecule has 0 unspecified atom stereocenters. The standard InChI is InChI=1S/C17H19FN4O/c1-2-15-19-20-16-10-21(7-8-22(15)16)17(23)13-9-12(13)11-5-3-4-6-14(11)18/h3-6,12-13H,2,7-10H2,1H3/t12-,13-/m0/s1. The first kappa shape index (κ1) is 14.4. The van der Waals surface area contributed by atoms with Gasteiger partial charge in [0, 0.05) is 25.4 Å². The van der Waals surface area contributed by atoms with Gasteiger partial charge in [-0.05, 0) is 24.0 Å². The van der Waals surface area contributed by atoms with E-state index in [1.807, 2.05) is 11.0 Å². The number of nitrogens with zero attached hydrogens (tertiary/aromatic N) is 4. The van der Waals surface area contributed by atoms with Crippen LogP contribution in [0.5, 0.6) is 0 Å². The summed E-state index contributed by atoms with van der Waals surface area (Å²) in [7, 11) is 0. The van der Waals surface area contributed by atoms with E-state index in [4.69, 9.17) is 0 Å². The lowest BCUT2D eigenvalue weighted by molar-refractivity contribution is -0.134. The summed E-state index contributed by atoms with van der Waals surface area (Å²) in [6.07, 6.45) is 1.59. The van der Waals surface area contributed by atoms with E-state index in [0.717, 1.165) is 31.0 Å². The van der Waals surface area contributed by atoms with Gasteiger partial charge in [0.2, 0.25) is 5.91 Å². The number of carbonyl (C=O) groups excluding carboxylic acids is 1. The number of aryl methyl sites for hydroxylation is 1. The minimum absolute atomic E-state index is 0.0229.